The molecule has 1 heterocycles. The first kappa shape index (κ1) is 24.0. The van der Waals surface area contributed by atoms with Crippen LogP contribution in [0.3, 0.4) is 0 Å². The van der Waals surface area contributed by atoms with Gasteiger partial charge in [-0.15, -0.1) is 0 Å². The molecule has 1 atom stereocenters. The number of nitrogens with zero attached hydrogens (tertiary/aromatic N) is 2. The topological polar surface area (TPSA) is 123 Å². The van der Waals surface area contributed by atoms with Gasteiger partial charge in [-0.25, -0.2) is 9.59 Å². The Labute approximate surface area is 203 Å². The Morgan fingerprint density at radius 2 is 1.71 bits per heavy atom. The lowest BCUT2D eigenvalue weighted by atomic mass is 9.98. The quantitative estimate of drug-likeness (QED) is 0.435. The van der Waals surface area contributed by atoms with Gasteiger partial charge in [0.1, 0.15) is 12.2 Å². The molecular weight excluding hydrogens is 448 g/mol. The molecule has 9 nitrogen and oxygen atoms in total. The van der Waals surface area contributed by atoms with E-state index in [1.54, 1.807) is 7.05 Å². The molecule has 35 heavy (non-hydrogen) atoms. The molecule has 182 valence electrons. The van der Waals surface area contributed by atoms with Gasteiger partial charge in [-0.1, -0.05) is 55.5 Å². The molecule has 1 aliphatic rings. The molecule has 3 N–H and O–H groups in total. The molecule has 0 spiro atoms. The van der Waals surface area contributed by atoms with E-state index >= 15 is 0 Å². The van der Waals surface area contributed by atoms with Crippen LogP contribution in [0.5, 0.6) is 0 Å². The van der Waals surface area contributed by atoms with Gasteiger partial charge < -0.3 is 20.5 Å². The van der Waals surface area contributed by atoms with Gasteiger partial charge in [0.25, 0.3) is 0 Å². The SMILES string of the molecule is CCC(CC(=O)NCc1c(C(=O)O)cnn1C)NC(=O)OCC1c2ccccc2-c2ccccc21. The van der Waals surface area contributed by atoms with Crippen LogP contribution in [0.1, 0.15) is 52.9 Å². The highest BCUT2D eigenvalue weighted by Gasteiger charge is 2.29. The summed E-state index contributed by atoms with van der Waals surface area (Å²) in [5, 5.41) is 18.6. The number of rotatable bonds is 9. The van der Waals surface area contributed by atoms with Crippen molar-refractivity contribution in [1.82, 2.24) is 20.4 Å². The molecule has 0 fully saturated rings. The maximum absolute atomic E-state index is 12.5. The van der Waals surface area contributed by atoms with Crippen LogP contribution in [-0.2, 0) is 23.1 Å². The Morgan fingerprint density at radius 3 is 2.31 bits per heavy atom. The fraction of sp³-hybridized carbons (Fsp3) is 0.308. The molecule has 0 aliphatic heterocycles. The Kier molecular flexibility index (Phi) is 7.14. The lowest BCUT2D eigenvalue weighted by molar-refractivity contribution is -0.121. The van der Waals surface area contributed by atoms with E-state index < -0.39 is 18.1 Å². The number of nitrogens with one attached hydrogen (secondary N) is 2. The van der Waals surface area contributed by atoms with Crippen molar-refractivity contribution in [3.05, 3.63) is 77.1 Å². The molecule has 1 unspecified atom stereocenters. The summed E-state index contributed by atoms with van der Waals surface area (Å²) < 4.78 is 6.98. The van der Waals surface area contributed by atoms with Crippen molar-refractivity contribution >= 4 is 18.0 Å². The molecule has 4 rings (SSSR count). The normalized spacial score (nSPS) is 13.0. The number of carbonyl (C=O) groups is 3. The molecule has 9 heteroatoms. The van der Waals surface area contributed by atoms with E-state index in [0.29, 0.717) is 12.1 Å². The highest BCUT2D eigenvalue weighted by atomic mass is 16.5. The van der Waals surface area contributed by atoms with E-state index in [9.17, 15) is 19.5 Å². The van der Waals surface area contributed by atoms with Gasteiger partial charge in [0.15, 0.2) is 0 Å². The average molecular weight is 477 g/mol. The first-order valence-corrected chi connectivity index (χ1v) is 11.5. The van der Waals surface area contributed by atoms with Crippen LogP contribution in [0.25, 0.3) is 11.1 Å². The number of alkyl carbamates (subject to hydrolysis) is 1. The minimum Gasteiger partial charge on any atom is -0.478 e. The van der Waals surface area contributed by atoms with Gasteiger partial charge in [-0.3, -0.25) is 9.48 Å². The lowest BCUT2D eigenvalue weighted by Crippen LogP contribution is -2.39. The Morgan fingerprint density at radius 1 is 1.09 bits per heavy atom. The highest BCUT2D eigenvalue weighted by molar-refractivity contribution is 5.89. The minimum absolute atomic E-state index is 0.0261. The second-order valence-electron chi connectivity index (χ2n) is 8.49. The molecule has 1 aromatic heterocycles. The van der Waals surface area contributed by atoms with Crippen LogP contribution in [0.4, 0.5) is 4.79 Å². The summed E-state index contributed by atoms with van der Waals surface area (Å²) in [4.78, 5) is 36.3. The van der Waals surface area contributed by atoms with Crippen LogP contribution in [-0.4, -0.2) is 45.5 Å². The summed E-state index contributed by atoms with van der Waals surface area (Å²) in [6.07, 6.45) is 1.24. The van der Waals surface area contributed by atoms with E-state index in [0.717, 1.165) is 22.3 Å². The molecule has 2 aromatic carbocycles. The van der Waals surface area contributed by atoms with Crippen molar-refractivity contribution in [2.75, 3.05) is 6.61 Å². The minimum atomic E-state index is -1.11. The number of aromatic carboxylic acids is 1. The summed E-state index contributed by atoms with van der Waals surface area (Å²) in [6.45, 7) is 2.09. The zero-order valence-electron chi connectivity index (χ0n) is 19.7. The standard InChI is InChI=1S/C26H28N4O5/c1-3-16(12-24(31)27-14-23-21(25(32)33)13-28-30(23)2)29-26(34)35-15-22-19-10-6-4-8-17(19)18-9-5-7-11-20(18)22/h4-11,13,16,22H,3,12,14-15H2,1-2H3,(H,27,31)(H,29,34)(H,32,33). The average Bonchev–Trinajstić information content (AvgIpc) is 3.38. The number of carboxylic acid groups (broad SMARTS) is 1. The van der Waals surface area contributed by atoms with E-state index in [1.165, 1.54) is 10.9 Å². The largest absolute Gasteiger partial charge is 0.478 e. The number of carbonyl (C=O) groups excluding carboxylic acids is 2. The lowest BCUT2D eigenvalue weighted by Gasteiger charge is -2.19. The van der Waals surface area contributed by atoms with E-state index in [-0.39, 0.29) is 37.0 Å². The summed E-state index contributed by atoms with van der Waals surface area (Å²) in [7, 11) is 1.61. The van der Waals surface area contributed by atoms with Crippen LogP contribution in [0, 0.1) is 0 Å². The van der Waals surface area contributed by atoms with Crippen molar-refractivity contribution < 1.29 is 24.2 Å². The maximum atomic E-state index is 12.5. The third-order valence-electron chi connectivity index (χ3n) is 6.34. The highest BCUT2D eigenvalue weighted by Crippen LogP contribution is 2.44. The van der Waals surface area contributed by atoms with Crippen molar-refractivity contribution in [3.8, 4) is 11.1 Å². The van der Waals surface area contributed by atoms with Gasteiger partial charge in [0.2, 0.25) is 5.91 Å². The van der Waals surface area contributed by atoms with E-state index in [2.05, 4.69) is 40.0 Å². The molecule has 0 saturated heterocycles. The van der Waals surface area contributed by atoms with E-state index in [1.807, 2.05) is 31.2 Å². The third-order valence-corrected chi connectivity index (χ3v) is 6.34. The van der Waals surface area contributed by atoms with Crippen molar-refractivity contribution in [2.45, 2.75) is 38.3 Å². The molecular formula is C26H28N4O5. The molecule has 1 aliphatic carbocycles. The summed E-state index contributed by atoms with van der Waals surface area (Å²) in [6, 6.07) is 15.8. The van der Waals surface area contributed by atoms with Crippen LogP contribution in [0.15, 0.2) is 54.7 Å². The second kappa shape index (κ2) is 10.4. The molecule has 2 amide bonds. The van der Waals surface area contributed by atoms with Crippen molar-refractivity contribution in [1.29, 1.82) is 0 Å². The summed E-state index contributed by atoms with van der Waals surface area (Å²) in [5.74, 6) is -1.46. The summed E-state index contributed by atoms with van der Waals surface area (Å²) >= 11 is 0. The number of ether oxygens (including phenoxy) is 1. The Hall–Kier alpha value is -4.14. The van der Waals surface area contributed by atoms with Crippen LogP contribution < -0.4 is 10.6 Å². The molecule has 0 bridgehead atoms. The number of fused-ring (bicyclic) bond motifs is 3. The maximum Gasteiger partial charge on any atom is 0.407 e. The monoisotopic (exact) mass is 476 g/mol. The fourth-order valence-electron chi connectivity index (χ4n) is 4.43. The van der Waals surface area contributed by atoms with Crippen molar-refractivity contribution in [2.24, 2.45) is 7.05 Å². The first-order chi connectivity index (χ1) is 16.9. The van der Waals surface area contributed by atoms with Crippen molar-refractivity contribution in [3.63, 3.8) is 0 Å². The zero-order chi connectivity index (χ0) is 24.9. The number of hydrogen-bond donors (Lipinski definition) is 3. The van der Waals surface area contributed by atoms with Gasteiger partial charge in [-0.05, 0) is 28.7 Å². The Balaban J connectivity index is 1.30. The van der Waals surface area contributed by atoms with Gasteiger partial charge in [0, 0.05) is 25.4 Å². The molecule has 0 saturated carbocycles. The van der Waals surface area contributed by atoms with Gasteiger partial charge in [0.05, 0.1) is 18.4 Å². The molecule has 3 aromatic rings. The summed E-state index contributed by atoms with van der Waals surface area (Å²) in [5.41, 5.74) is 4.99. The fourth-order valence-corrected chi connectivity index (χ4v) is 4.43. The smallest absolute Gasteiger partial charge is 0.407 e. The zero-order valence-corrected chi connectivity index (χ0v) is 19.7. The number of aryl methyl sites for hydroxylation is 1. The second-order valence-corrected chi connectivity index (χ2v) is 8.49. The third kappa shape index (κ3) is 5.18. The Bertz CT molecular complexity index is 1210. The van der Waals surface area contributed by atoms with Gasteiger partial charge in [-0.2, -0.15) is 5.10 Å². The van der Waals surface area contributed by atoms with Crippen LogP contribution >= 0.6 is 0 Å². The predicted octanol–water partition coefficient (Wildman–Crippen LogP) is 3.44. The predicted molar refractivity (Wildman–Crippen MR) is 129 cm³/mol. The number of hydrogen-bond acceptors (Lipinski definition) is 5. The van der Waals surface area contributed by atoms with Gasteiger partial charge >= 0.3 is 12.1 Å². The van der Waals surface area contributed by atoms with Crippen LogP contribution in [0.2, 0.25) is 0 Å². The molecule has 0 radical (unpaired) electrons. The van der Waals surface area contributed by atoms with E-state index in [4.69, 9.17) is 4.74 Å². The number of carboxylic acids is 1. The number of aromatic nitrogens is 2. The number of amides is 2. The number of benzene rings is 2. The first-order valence-electron chi connectivity index (χ1n) is 11.5.